The van der Waals surface area contributed by atoms with Gasteiger partial charge in [0.1, 0.15) is 17.2 Å². The molecule has 0 radical (unpaired) electrons. The molecule has 170 valence electrons. The van der Waals surface area contributed by atoms with E-state index >= 15 is 0 Å². The SMILES string of the molecule is CC1CCc2c(sc3nc(CN4CCCC4)n(Cc4nc(-c5ccccc5)no4)c(=O)c23)C1. The van der Waals surface area contributed by atoms with Gasteiger partial charge in [-0.3, -0.25) is 14.3 Å². The minimum absolute atomic E-state index is 0.0284. The van der Waals surface area contributed by atoms with Gasteiger partial charge in [-0.1, -0.05) is 42.4 Å². The maximum atomic E-state index is 13.8. The first-order chi connectivity index (χ1) is 16.2. The van der Waals surface area contributed by atoms with Crippen LogP contribution in [-0.4, -0.2) is 37.7 Å². The summed E-state index contributed by atoms with van der Waals surface area (Å²) in [5.41, 5.74) is 2.13. The van der Waals surface area contributed by atoms with Crippen LogP contribution in [0.4, 0.5) is 0 Å². The van der Waals surface area contributed by atoms with Gasteiger partial charge in [-0.25, -0.2) is 4.98 Å². The van der Waals surface area contributed by atoms with Crippen LogP contribution in [0, 0.1) is 5.92 Å². The van der Waals surface area contributed by atoms with Gasteiger partial charge in [0.15, 0.2) is 0 Å². The maximum absolute atomic E-state index is 13.8. The number of thiophene rings is 1. The van der Waals surface area contributed by atoms with Crippen molar-refractivity contribution in [2.45, 2.75) is 52.1 Å². The molecule has 7 nitrogen and oxygen atoms in total. The lowest BCUT2D eigenvalue weighted by atomic mass is 9.89. The predicted octanol–water partition coefficient (Wildman–Crippen LogP) is 4.28. The van der Waals surface area contributed by atoms with Crippen molar-refractivity contribution in [1.82, 2.24) is 24.6 Å². The van der Waals surface area contributed by atoms with Gasteiger partial charge >= 0.3 is 0 Å². The summed E-state index contributed by atoms with van der Waals surface area (Å²) in [4.78, 5) is 28.1. The quantitative estimate of drug-likeness (QED) is 0.442. The number of likely N-dealkylation sites (tertiary alicyclic amines) is 1. The molecule has 4 aromatic rings. The molecule has 0 spiro atoms. The lowest BCUT2D eigenvalue weighted by Gasteiger charge is -2.19. The van der Waals surface area contributed by atoms with Gasteiger partial charge in [0.05, 0.1) is 11.9 Å². The number of rotatable bonds is 5. The average molecular weight is 462 g/mol. The van der Waals surface area contributed by atoms with Crippen molar-refractivity contribution in [3.63, 3.8) is 0 Å². The first kappa shape index (κ1) is 20.7. The standard InChI is InChI=1S/C25H27N5O2S/c1-16-9-10-18-19(13-16)33-24-22(18)25(31)30(20(26-24)14-29-11-5-6-12-29)15-21-27-23(28-32-21)17-7-3-2-4-8-17/h2-4,7-8,16H,5-6,9-15H2,1H3. The highest BCUT2D eigenvalue weighted by Gasteiger charge is 2.26. The van der Waals surface area contributed by atoms with Crippen molar-refractivity contribution in [3.05, 3.63) is 62.8 Å². The average Bonchev–Trinajstić information content (AvgIpc) is 3.57. The number of aromatic nitrogens is 4. The summed E-state index contributed by atoms with van der Waals surface area (Å²) in [6.45, 7) is 5.30. The van der Waals surface area contributed by atoms with E-state index in [0.717, 1.165) is 54.0 Å². The molecule has 6 rings (SSSR count). The van der Waals surface area contributed by atoms with E-state index in [4.69, 9.17) is 9.51 Å². The van der Waals surface area contributed by atoms with Crippen molar-refractivity contribution < 1.29 is 4.52 Å². The fraction of sp³-hybridized carbons (Fsp3) is 0.440. The van der Waals surface area contributed by atoms with Gasteiger partial charge in [-0.05, 0) is 56.7 Å². The Balaban J connectivity index is 1.43. The summed E-state index contributed by atoms with van der Waals surface area (Å²) < 4.78 is 7.34. The number of hydrogen-bond donors (Lipinski definition) is 0. The molecule has 1 unspecified atom stereocenters. The Labute approximate surface area is 196 Å². The molecule has 3 aromatic heterocycles. The molecule has 8 heteroatoms. The molecule has 0 bridgehead atoms. The Hall–Kier alpha value is -2.84. The highest BCUT2D eigenvalue weighted by atomic mass is 32.1. The van der Waals surface area contributed by atoms with E-state index in [1.807, 2.05) is 30.3 Å². The van der Waals surface area contributed by atoms with Gasteiger partial charge < -0.3 is 4.52 Å². The van der Waals surface area contributed by atoms with Crippen LogP contribution in [-0.2, 0) is 25.9 Å². The van der Waals surface area contributed by atoms with Crippen molar-refractivity contribution in [3.8, 4) is 11.4 Å². The summed E-state index contributed by atoms with van der Waals surface area (Å²) in [7, 11) is 0. The minimum Gasteiger partial charge on any atom is -0.337 e. The third kappa shape index (κ3) is 3.91. The smallest absolute Gasteiger partial charge is 0.263 e. The lowest BCUT2D eigenvalue weighted by molar-refractivity contribution is 0.310. The van der Waals surface area contributed by atoms with Crippen LogP contribution in [0.1, 0.15) is 48.3 Å². The normalized spacial score (nSPS) is 18.8. The van der Waals surface area contributed by atoms with Gasteiger partial charge in [-0.15, -0.1) is 11.3 Å². The monoisotopic (exact) mass is 461 g/mol. The summed E-state index contributed by atoms with van der Waals surface area (Å²) in [6.07, 6.45) is 5.51. The first-order valence-corrected chi connectivity index (χ1v) is 12.6. The van der Waals surface area contributed by atoms with Crippen LogP contribution in [0.3, 0.4) is 0 Å². The number of benzene rings is 1. The molecule has 1 saturated heterocycles. The van der Waals surface area contributed by atoms with E-state index in [-0.39, 0.29) is 12.1 Å². The highest BCUT2D eigenvalue weighted by Crippen LogP contribution is 2.36. The van der Waals surface area contributed by atoms with E-state index < -0.39 is 0 Å². The van der Waals surface area contributed by atoms with E-state index in [0.29, 0.717) is 24.2 Å². The fourth-order valence-electron chi connectivity index (χ4n) is 5.05. The van der Waals surface area contributed by atoms with Gasteiger partial charge in [0.2, 0.25) is 11.7 Å². The molecule has 4 heterocycles. The van der Waals surface area contributed by atoms with E-state index in [2.05, 4.69) is 22.0 Å². The number of aryl methyl sites for hydroxylation is 1. The zero-order chi connectivity index (χ0) is 22.4. The van der Waals surface area contributed by atoms with Crippen LogP contribution in [0.5, 0.6) is 0 Å². The minimum atomic E-state index is 0.0284. The number of nitrogens with zero attached hydrogens (tertiary/aromatic N) is 5. The Bertz CT molecular complexity index is 1350. The van der Waals surface area contributed by atoms with Crippen LogP contribution in [0.15, 0.2) is 39.6 Å². The zero-order valence-electron chi connectivity index (χ0n) is 18.8. The molecule has 0 amide bonds. The summed E-state index contributed by atoms with van der Waals surface area (Å²) in [5.74, 6) is 2.42. The van der Waals surface area contributed by atoms with Crippen molar-refractivity contribution in [2.75, 3.05) is 13.1 Å². The predicted molar refractivity (Wildman–Crippen MR) is 128 cm³/mol. The van der Waals surface area contributed by atoms with Crippen LogP contribution in [0.2, 0.25) is 0 Å². The topological polar surface area (TPSA) is 77.1 Å². The summed E-state index contributed by atoms with van der Waals surface area (Å²) in [6, 6.07) is 9.75. The first-order valence-electron chi connectivity index (χ1n) is 11.8. The number of hydrogen-bond acceptors (Lipinski definition) is 7. The molecule has 0 N–H and O–H groups in total. The Morgan fingerprint density at radius 2 is 1.94 bits per heavy atom. The molecule has 33 heavy (non-hydrogen) atoms. The third-order valence-electron chi connectivity index (χ3n) is 6.85. The van der Waals surface area contributed by atoms with E-state index in [1.54, 1.807) is 15.9 Å². The summed E-state index contributed by atoms with van der Waals surface area (Å²) >= 11 is 1.71. The lowest BCUT2D eigenvalue weighted by Crippen LogP contribution is -2.30. The second kappa shape index (κ2) is 8.50. The van der Waals surface area contributed by atoms with Gasteiger partial charge in [0.25, 0.3) is 5.56 Å². The van der Waals surface area contributed by atoms with Crippen LogP contribution >= 0.6 is 11.3 Å². The second-order valence-electron chi connectivity index (χ2n) is 9.31. The number of fused-ring (bicyclic) bond motifs is 3. The Morgan fingerprint density at radius 3 is 2.76 bits per heavy atom. The van der Waals surface area contributed by atoms with Gasteiger partial charge in [-0.2, -0.15) is 4.98 Å². The van der Waals surface area contributed by atoms with Crippen molar-refractivity contribution in [2.24, 2.45) is 5.92 Å². The highest BCUT2D eigenvalue weighted by molar-refractivity contribution is 7.18. The molecule has 2 aliphatic rings. The van der Waals surface area contributed by atoms with E-state index in [9.17, 15) is 4.79 Å². The fourth-order valence-corrected chi connectivity index (χ4v) is 6.44. The molecule has 1 aromatic carbocycles. The second-order valence-corrected chi connectivity index (χ2v) is 10.4. The molecular weight excluding hydrogens is 434 g/mol. The Morgan fingerprint density at radius 1 is 1.12 bits per heavy atom. The Kier molecular flexibility index (Phi) is 5.34. The molecule has 1 atom stereocenters. The molecular formula is C25H27N5O2S. The molecule has 0 saturated carbocycles. The summed E-state index contributed by atoms with van der Waals surface area (Å²) in [5, 5.41) is 4.95. The molecule has 1 aliphatic carbocycles. The largest absolute Gasteiger partial charge is 0.337 e. The van der Waals surface area contributed by atoms with Crippen molar-refractivity contribution in [1.29, 1.82) is 0 Å². The molecule has 1 aliphatic heterocycles. The van der Waals surface area contributed by atoms with Crippen LogP contribution < -0.4 is 5.56 Å². The van der Waals surface area contributed by atoms with Gasteiger partial charge in [0, 0.05) is 10.4 Å². The molecule has 1 fully saturated rings. The zero-order valence-corrected chi connectivity index (χ0v) is 19.6. The van der Waals surface area contributed by atoms with E-state index in [1.165, 1.54) is 23.3 Å². The maximum Gasteiger partial charge on any atom is 0.263 e. The third-order valence-corrected chi connectivity index (χ3v) is 8.00. The van der Waals surface area contributed by atoms with Crippen LogP contribution in [0.25, 0.3) is 21.6 Å². The van der Waals surface area contributed by atoms with Crippen molar-refractivity contribution >= 4 is 21.6 Å².